The molecule has 1 rings (SSSR count). The fourth-order valence-electron chi connectivity index (χ4n) is 1.37. The van der Waals surface area contributed by atoms with Crippen LogP contribution in [-0.4, -0.2) is 12.6 Å². The van der Waals surface area contributed by atoms with E-state index in [2.05, 4.69) is 6.07 Å². The van der Waals surface area contributed by atoms with Crippen LogP contribution >= 0.6 is 0 Å². The van der Waals surface area contributed by atoms with Crippen molar-refractivity contribution in [1.82, 2.24) is 0 Å². The first kappa shape index (κ1) is 13.0. The third kappa shape index (κ3) is 4.98. The summed E-state index contributed by atoms with van der Waals surface area (Å²) in [4.78, 5) is 11.1. The second-order valence-corrected chi connectivity index (χ2v) is 3.48. The molecule has 0 aliphatic carbocycles. The Balaban J connectivity index is 2.43. The fourth-order valence-corrected chi connectivity index (χ4v) is 1.37. The minimum Gasteiger partial charge on any atom is -0.466 e. The molecule has 17 heavy (non-hydrogen) atoms. The smallest absolute Gasteiger partial charge is 0.306 e. The van der Waals surface area contributed by atoms with Crippen LogP contribution in [0, 0.1) is 11.3 Å². The molecule has 0 radical (unpaired) electrons. The SMILES string of the molecule is CCOC(=O)CCC=Cc1cccc(C#N)c1. The minimum atomic E-state index is -0.178. The molecule has 0 bridgehead atoms. The molecular formula is C14H15NO2. The van der Waals surface area contributed by atoms with Crippen LogP contribution in [0.2, 0.25) is 0 Å². The van der Waals surface area contributed by atoms with E-state index in [0.717, 1.165) is 5.56 Å². The van der Waals surface area contributed by atoms with Crippen molar-refractivity contribution in [2.24, 2.45) is 0 Å². The second-order valence-electron chi connectivity index (χ2n) is 3.48. The first-order chi connectivity index (χ1) is 8.26. The molecule has 0 amide bonds. The quantitative estimate of drug-likeness (QED) is 0.729. The van der Waals surface area contributed by atoms with Crippen LogP contribution in [-0.2, 0) is 9.53 Å². The number of esters is 1. The van der Waals surface area contributed by atoms with Gasteiger partial charge in [0.15, 0.2) is 0 Å². The normalized spacial score (nSPS) is 10.1. The maximum atomic E-state index is 11.1. The molecular weight excluding hydrogens is 214 g/mol. The van der Waals surface area contributed by atoms with E-state index in [1.54, 1.807) is 19.1 Å². The highest BCUT2D eigenvalue weighted by Gasteiger charge is 1.98. The lowest BCUT2D eigenvalue weighted by atomic mass is 10.1. The summed E-state index contributed by atoms with van der Waals surface area (Å²) >= 11 is 0. The fraction of sp³-hybridized carbons (Fsp3) is 0.286. The molecule has 0 aliphatic rings. The van der Waals surface area contributed by atoms with E-state index in [-0.39, 0.29) is 5.97 Å². The van der Waals surface area contributed by atoms with Crippen molar-refractivity contribution in [3.63, 3.8) is 0 Å². The van der Waals surface area contributed by atoms with Gasteiger partial charge in [-0.2, -0.15) is 5.26 Å². The first-order valence-electron chi connectivity index (χ1n) is 5.58. The molecule has 0 unspecified atom stereocenters. The molecule has 3 heteroatoms. The zero-order valence-corrected chi connectivity index (χ0v) is 9.85. The number of carbonyl (C=O) groups is 1. The second kappa shape index (κ2) is 7.24. The molecule has 0 aromatic heterocycles. The Morgan fingerprint density at radius 1 is 1.53 bits per heavy atom. The Labute approximate surface area is 101 Å². The largest absolute Gasteiger partial charge is 0.466 e. The highest BCUT2D eigenvalue weighted by atomic mass is 16.5. The average Bonchev–Trinajstić information content (AvgIpc) is 2.35. The molecule has 1 aromatic carbocycles. The Bertz CT molecular complexity index is 444. The zero-order chi connectivity index (χ0) is 12.5. The van der Waals surface area contributed by atoms with Crippen molar-refractivity contribution < 1.29 is 9.53 Å². The topological polar surface area (TPSA) is 50.1 Å². The van der Waals surface area contributed by atoms with Crippen LogP contribution in [0.25, 0.3) is 6.08 Å². The Hall–Kier alpha value is -2.08. The van der Waals surface area contributed by atoms with Gasteiger partial charge in [-0.3, -0.25) is 4.79 Å². The van der Waals surface area contributed by atoms with Gasteiger partial charge in [0.25, 0.3) is 0 Å². The highest BCUT2D eigenvalue weighted by molar-refractivity contribution is 5.69. The summed E-state index contributed by atoms with van der Waals surface area (Å²) in [7, 11) is 0. The summed E-state index contributed by atoms with van der Waals surface area (Å²) in [6.07, 6.45) is 4.85. The molecule has 0 N–H and O–H groups in total. The van der Waals surface area contributed by atoms with Crippen LogP contribution in [0.15, 0.2) is 30.3 Å². The van der Waals surface area contributed by atoms with Crippen molar-refractivity contribution in [3.8, 4) is 6.07 Å². The van der Waals surface area contributed by atoms with Crippen molar-refractivity contribution >= 4 is 12.0 Å². The van der Waals surface area contributed by atoms with E-state index in [9.17, 15) is 4.79 Å². The van der Waals surface area contributed by atoms with Gasteiger partial charge in [-0.1, -0.05) is 24.3 Å². The maximum absolute atomic E-state index is 11.1. The Morgan fingerprint density at radius 2 is 2.35 bits per heavy atom. The van der Waals surface area contributed by atoms with Gasteiger partial charge in [0.1, 0.15) is 0 Å². The predicted octanol–water partition coefficient (Wildman–Crippen LogP) is 2.91. The van der Waals surface area contributed by atoms with Crippen molar-refractivity contribution in [1.29, 1.82) is 5.26 Å². The number of rotatable bonds is 5. The molecule has 3 nitrogen and oxygen atoms in total. The summed E-state index contributed by atoms with van der Waals surface area (Å²) in [6.45, 7) is 2.22. The summed E-state index contributed by atoms with van der Waals surface area (Å²) in [5, 5.41) is 8.73. The van der Waals surface area contributed by atoms with Gasteiger partial charge in [0.2, 0.25) is 0 Å². The van der Waals surface area contributed by atoms with Crippen LogP contribution in [0.5, 0.6) is 0 Å². The van der Waals surface area contributed by atoms with Crippen LogP contribution < -0.4 is 0 Å². The lowest BCUT2D eigenvalue weighted by Gasteiger charge is -1.98. The predicted molar refractivity (Wildman–Crippen MR) is 66.1 cm³/mol. The first-order valence-corrected chi connectivity index (χ1v) is 5.58. The standard InChI is InChI=1S/C14H15NO2/c1-2-17-14(16)9-4-3-6-12-7-5-8-13(10-12)11-15/h3,5-8,10H,2,4,9H2,1H3. The van der Waals surface area contributed by atoms with Gasteiger partial charge in [0.05, 0.1) is 18.2 Å². The van der Waals surface area contributed by atoms with Gasteiger partial charge in [-0.25, -0.2) is 0 Å². The van der Waals surface area contributed by atoms with Gasteiger partial charge in [-0.15, -0.1) is 0 Å². The third-order valence-electron chi connectivity index (χ3n) is 2.15. The Kier molecular flexibility index (Phi) is 5.53. The number of allylic oxidation sites excluding steroid dienone is 1. The van der Waals surface area contributed by atoms with E-state index in [1.807, 2.05) is 24.3 Å². The van der Waals surface area contributed by atoms with E-state index >= 15 is 0 Å². The number of ether oxygens (including phenoxy) is 1. The number of carbonyl (C=O) groups excluding carboxylic acids is 1. The molecule has 0 aliphatic heterocycles. The van der Waals surface area contributed by atoms with Crippen LogP contribution in [0.1, 0.15) is 30.9 Å². The molecule has 88 valence electrons. The number of hydrogen-bond acceptors (Lipinski definition) is 3. The van der Waals surface area contributed by atoms with Crippen molar-refractivity contribution in [3.05, 3.63) is 41.5 Å². The molecule has 0 atom stereocenters. The summed E-state index contributed by atoms with van der Waals surface area (Å²) in [6, 6.07) is 9.41. The average molecular weight is 229 g/mol. The van der Waals surface area contributed by atoms with E-state index < -0.39 is 0 Å². The molecule has 0 saturated carbocycles. The lowest BCUT2D eigenvalue weighted by molar-refractivity contribution is -0.142. The maximum Gasteiger partial charge on any atom is 0.306 e. The number of nitrogens with zero attached hydrogens (tertiary/aromatic N) is 1. The summed E-state index contributed by atoms with van der Waals surface area (Å²) < 4.78 is 4.81. The zero-order valence-electron chi connectivity index (χ0n) is 9.85. The highest BCUT2D eigenvalue weighted by Crippen LogP contribution is 2.07. The summed E-state index contributed by atoms with van der Waals surface area (Å²) in [5.41, 5.74) is 1.60. The van der Waals surface area contributed by atoms with Gasteiger partial charge < -0.3 is 4.74 Å². The van der Waals surface area contributed by atoms with E-state index in [0.29, 0.717) is 25.0 Å². The monoisotopic (exact) mass is 229 g/mol. The molecule has 1 aromatic rings. The van der Waals surface area contributed by atoms with Gasteiger partial charge in [0, 0.05) is 6.42 Å². The summed E-state index contributed by atoms with van der Waals surface area (Å²) in [5.74, 6) is -0.178. The molecule has 0 saturated heterocycles. The van der Waals surface area contributed by atoms with Crippen molar-refractivity contribution in [2.45, 2.75) is 19.8 Å². The van der Waals surface area contributed by atoms with E-state index in [4.69, 9.17) is 10.00 Å². The van der Waals surface area contributed by atoms with E-state index in [1.165, 1.54) is 0 Å². The van der Waals surface area contributed by atoms with Crippen LogP contribution in [0.3, 0.4) is 0 Å². The third-order valence-corrected chi connectivity index (χ3v) is 2.15. The van der Waals surface area contributed by atoms with Gasteiger partial charge >= 0.3 is 5.97 Å². The Morgan fingerprint density at radius 3 is 3.06 bits per heavy atom. The lowest BCUT2D eigenvalue weighted by Crippen LogP contribution is -2.02. The molecule has 0 fully saturated rings. The minimum absolute atomic E-state index is 0.178. The number of benzene rings is 1. The van der Waals surface area contributed by atoms with Gasteiger partial charge in [-0.05, 0) is 31.0 Å². The molecule has 0 heterocycles. The van der Waals surface area contributed by atoms with Crippen molar-refractivity contribution in [2.75, 3.05) is 6.61 Å². The number of nitriles is 1. The van der Waals surface area contributed by atoms with Crippen LogP contribution in [0.4, 0.5) is 0 Å². The number of hydrogen-bond donors (Lipinski definition) is 0. The molecule has 0 spiro atoms.